The van der Waals surface area contributed by atoms with E-state index in [1.54, 1.807) is 48.5 Å². The van der Waals surface area contributed by atoms with Crippen molar-refractivity contribution >= 4 is 5.78 Å². The first-order valence-corrected chi connectivity index (χ1v) is 5.78. The lowest BCUT2D eigenvalue weighted by Crippen LogP contribution is -2.12. The molecule has 0 aromatic heterocycles. The third kappa shape index (κ3) is 2.64. The summed E-state index contributed by atoms with van der Waals surface area (Å²) < 4.78 is 0. The molecule has 0 amide bonds. The van der Waals surface area contributed by atoms with Gasteiger partial charge in [0, 0.05) is 12.1 Å². The third-order valence-electron chi connectivity index (χ3n) is 2.84. The van der Waals surface area contributed by atoms with E-state index in [0.717, 1.165) is 5.56 Å². The van der Waals surface area contributed by atoms with E-state index in [9.17, 15) is 9.90 Å². The second kappa shape index (κ2) is 5.58. The monoisotopic (exact) mass is 241 g/mol. The average Bonchev–Trinajstić information content (AvgIpc) is 2.47. The summed E-state index contributed by atoms with van der Waals surface area (Å²) in [4.78, 5) is 12.1. The Labute approximate surface area is 106 Å². The fraction of sp³-hybridized carbons (Fsp3) is 0.133. The van der Waals surface area contributed by atoms with Crippen molar-refractivity contribution in [2.24, 2.45) is 5.73 Å². The molecule has 0 aliphatic rings. The SMILES string of the molecule is NCc1ccc(C(=O)C(O)c2ccccc2)cc1. The van der Waals surface area contributed by atoms with Crippen molar-refractivity contribution in [3.63, 3.8) is 0 Å². The molecular formula is C15H15NO2. The van der Waals surface area contributed by atoms with Gasteiger partial charge < -0.3 is 10.8 Å². The molecule has 2 aromatic carbocycles. The summed E-state index contributed by atoms with van der Waals surface area (Å²) in [6, 6.07) is 15.9. The third-order valence-corrected chi connectivity index (χ3v) is 2.84. The molecule has 0 radical (unpaired) electrons. The molecule has 0 saturated heterocycles. The number of ketones is 1. The molecular weight excluding hydrogens is 226 g/mol. The van der Waals surface area contributed by atoms with Crippen LogP contribution in [0.15, 0.2) is 54.6 Å². The minimum atomic E-state index is -1.12. The molecule has 3 nitrogen and oxygen atoms in total. The summed E-state index contributed by atoms with van der Waals surface area (Å²) in [5.41, 5.74) is 7.54. The topological polar surface area (TPSA) is 63.3 Å². The van der Waals surface area contributed by atoms with Crippen LogP contribution < -0.4 is 5.73 Å². The molecule has 0 fully saturated rings. The number of hydrogen-bond donors (Lipinski definition) is 2. The van der Waals surface area contributed by atoms with Crippen LogP contribution in [0.1, 0.15) is 27.6 Å². The van der Waals surface area contributed by atoms with E-state index in [1.807, 2.05) is 6.07 Å². The predicted molar refractivity (Wildman–Crippen MR) is 70.1 cm³/mol. The maximum atomic E-state index is 12.1. The van der Waals surface area contributed by atoms with Crippen LogP contribution in [0.5, 0.6) is 0 Å². The number of rotatable bonds is 4. The smallest absolute Gasteiger partial charge is 0.195 e. The Kier molecular flexibility index (Phi) is 3.87. The van der Waals surface area contributed by atoms with Crippen molar-refractivity contribution in [2.45, 2.75) is 12.6 Å². The molecule has 2 rings (SSSR count). The molecule has 3 heteroatoms. The van der Waals surface area contributed by atoms with Crippen molar-refractivity contribution in [1.82, 2.24) is 0 Å². The van der Waals surface area contributed by atoms with Gasteiger partial charge in [0.05, 0.1) is 0 Å². The normalized spacial score (nSPS) is 12.1. The number of carbonyl (C=O) groups is 1. The first-order chi connectivity index (χ1) is 8.72. The number of hydrogen-bond acceptors (Lipinski definition) is 3. The maximum Gasteiger partial charge on any atom is 0.195 e. The molecule has 1 unspecified atom stereocenters. The summed E-state index contributed by atoms with van der Waals surface area (Å²) >= 11 is 0. The molecule has 0 saturated carbocycles. The number of aliphatic hydroxyl groups is 1. The molecule has 3 N–H and O–H groups in total. The number of benzene rings is 2. The zero-order valence-electron chi connectivity index (χ0n) is 9.91. The fourth-order valence-electron chi connectivity index (χ4n) is 1.75. The number of aliphatic hydroxyl groups excluding tert-OH is 1. The lowest BCUT2D eigenvalue weighted by molar-refractivity contribution is 0.0747. The summed E-state index contributed by atoms with van der Waals surface area (Å²) in [6.07, 6.45) is -1.12. The second-order valence-corrected chi connectivity index (χ2v) is 4.08. The molecule has 1 atom stereocenters. The van der Waals surface area contributed by atoms with E-state index >= 15 is 0 Å². The average molecular weight is 241 g/mol. The Morgan fingerprint density at radius 2 is 1.67 bits per heavy atom. The van der Waals surface area contributed by atoms with Crippen LogP contribution in [0, 0.1) is 0 Å². The molecule has 0 spiro atoms. The van der Waals surface area contributed by atoms with Gasteiger partial charge in [-0.15, -0.1) is 0 Å². The largest absolute Gasteiger partial charge is 0.380 e. The van der Waals surface area contributed by atoms with E-state index in [1.165, 1.54) is 0 Å². The zero-order valence-corrected chi connectivity index (χ0v) is 9.91. The highest BCUT2D eigenvalue weighted by atomic mass is 16.3. The minimum absolute atomic E-state index is 0.301. The molecule has 2 aromatic rings. The Balaban J connectivity index is 2.20. The summed E-state index contributed by atoms with van der Waals surface area (Å²) in [5, 5.41) is 9.99. The van der Waals surface area contributed by atoms with Gasteiger partial charge in [-0.25, -0.2) is 0 Å². The van der Waals surface area contributed by atoms with Crippen molar-refractivity contribution in [3.05, 3.63) is 71.3 Å². The Morgan fingerprint density at radius 1 is 1.06 bits per heavy atom. The van der Waals surface area contributed by atoms with Gasteiger partial charge in [-0.2, -0.15) is 0 Å². The summed E-state index contributed by atoms with van der Waals surface area (Å²) in [5.74, 6) is -0.301. The van der Waals surface area contributed by atoms with Crippen molar-refractivity contribution in [3.8, 4) is 0 Å². The lowest BCUT2D eigenvalue weighted by atomic mass is 9.99. The van der Waals surface area contributed by atoms with Gasteiger partial charge in [0.15, 0.2) is 5.78 Å². The van der Waals surface area contributed by atoms with Gasteiger partial charge in [-0.3, -0.25) is 4.79 Å². The van der Waals surface area contributed by atoms with Crippen LogP contribution in [0.4, 0.5) is 0 Å². The van der Waals surface area contributed by atoms with Gasteiger partial charge in [-0.05, 0) is 11.1 Å². The van der Waals surface area contributed by atoms with Crippen molar-refractivity contribution < 1.29 is 9.90 Å². The minimum Gasteiger partial charge on any atom is -0.380 e. The molecule has 92 valence electrons. The van der Waals surface area contributed by atoms with E-state index in [4.69, 9.17) is 5.73 Å². The Morgan fingerprint density at radius 3 is 2.22 bits per heavy atom. The molecule has 18 heavy (non-hydrogen) atoms. The fourth-order valence-corrected chi connectivity index (χ4v) is 1.75. The first-order valence-electron chi connectivity index (χ1n) is 5.78. The number of Topliss-reactive ketones (excluding diaryl/α,β-unsaturated/α-hetero) is 1. The lowest BCUT2D eigenvalue weighted by Gasteiger charge is -2.10. The van der Waals surface area contributed by atoms with Gasteiger partial charge in [-0.1, -0.05) is 54.6 Å². The van der Waals surface area contributed by atoms with Crippen LogP contribution >= 0.6 is 0 Å². The van der Waals surface area contributed by atoms with Crippen LogP contribution in [-0.2, 0) is 6.54 Å². The van der Waals surface area contributed by atoms with Crippen LogP contribution in [-0.4, -0.2) is 10.9 Å². The first kappa shape index (κ1) is 12.5. The highest BCUT2D eigenvalue weighted by molar-refractivity contribution is 5.99. The molecule has 0 heterocycles. The Bertz CT molecular complexity index is 520. The van der Waals surface area contributed by atoms with Crippen LogP contribution in [0.3, 0.4) is 0 Å². The molecule has 0 aliphatic carbocycles. The summed E-state index contributed by atoms with van der Waals surface area (Å²) in [7, 11) is 0. The van der Waals surface area contributed by atoms with Gasteiger partial charge >= 0.3 is 0 Å². The Hall–Kier alpha value is -1.97. The van der Waals surface area contributed by atoms with Gasteiger partial charge in [0.25, 0.3) is 0 Å². The highest BCUT2D eigenvalue weighted by Crippen LogP contribution is 2.18. The van der Waals surface area contributed by atoms with Crippen LogP contribution in [0.25, 0.3) is 0 Å². The van der Waals surface area contributed by atoms with Gasteiger partial charge in [0.1, 0.15) is 6.10 Å². The standard InChI is InChI=1S/C15H15NO2/c16-10-11-6-8-13(9-7-11)15(18)14(17)12-4-2-1-3-5-12/h1-9,14,17H,10,16H2. The number of carbonyl (C=O) groups excluding carboxylic acids is 1. The molecule has 0 aliphatic heterocycles. The quantitative estimate of drug-likeness (QED) is 0.805. The zero-order chi connectivity index (χ0) is 13.0. The second-order valence-electron chi connectivity index (χ2n) is 4.08. The van der Waals surface area contributed by atoms with E-state index in [0.29, 0.717) is 17.7 Å². The van der Waals surface area contributed by atoms with Gasteiger partial charge in [0.2, 0.25) is 0 Å². The van der Waals surface area contributed by atoms with E-state index in [-0.39, 0.29) is 5.78 Å². The highest BCUT2D eigenvalue weighted by Gasteiger charge is 2.18. The van der Waals surface area contributed by atoms with Crippen molar-refractivity contribution in [1.29, 1.82) is 0 Å². The maximum absolute atomic E-state index is 12.1. The predicted octanol–water partition coefficient (Wildman–Crippen LogP) is 2.06. The summed E-state index contributed by atoms with van der Waals surface area (Å²) in [6.45, 7) is 0.440. The van der Waals surface area contributed by atoms with Crippen molar-refractivity contribution in [2.75, 3.05) is 0 Å². The van der Waals surface area contributed by atoms with Crippen LogP contribution in [0.2, 0.25) is 0 Å². The molecule has 0 bridgehead atoms. The van der Waals surface area contributed by atoms with E-state index < -0.39 is 6.10 Å². The number of nitrogens with two attached hydrogens (primary N) is 1. The van der Waals surface area contributed by atoms with E-state index in [2.05, 4.69) is 0 Å².